The lowest BCUT2D eigenvalue weighted by Gasteiger charge is -2.28. The molecule has 22 heavy (non-hydrogen) atoms. The molecule has 0 amide bonds. The average molecular weight is 311 g/mol. The molecular weight excluding hydrogens is 291 g/mol. The van der Waals surface area contributed by atoms with Crippen molar-refractivity contribution in [2.75, 3.05) is 0 Å². The van der Waals surface area contributed by atoms with E-state index >= 15 is 0 Å². The van der Waals surface area contributed by atoms with Crippen molar-refractivity contribution >= 4 is 0 Å². The van der Waals surface area contributed by atoms with Crippen LogP contribution in [0.4, 0.5) is 13.2 Å². The normalized spacial score (nSPS) is 14.1. The first-order valence-electron chi connectivity index (χ1n) is 7.18. The molecule has 1 atom stereocenters. The van der Waals surface area contributed by atoms with Crippen molar-refractivity contribution in [3.63, 3.8) is 0 Å². The minimum atomic E-state index is -4.28. The van der Waals surface area contributed by atoms with E-state index in [1.165, 1.54) is 6.33 Å². The Bertz CT molecular complexity index is 586. The number of nitrogens with zero attached hydrogens (tertiary/aromatic N) is 3. The van der Waals surface area contributed by atoms with Crippen LogP contribution in [0.3, 0.4) is 0 Å². The first-order valence-corrected chi connectivity index (χ1v) is 7.18. The molecule has 0 saturated heterocycles. The van der Waals surface area contributed by atoms with Gasteiger partial charge in [-0.15, -0.1) is 0 Å². The lowest BCUT2D eigenvalue weighted by atomic mass is 9.80. The number of aromatic nitrogens is 3. The molecule has 0 saturated carbocycles. The molecule has 1 unspecified atom stereocenters. The predicted molar refractivity (Wildman–Crippen MR) is 78.3 cm³/mol. The highest BCUT2D eigenvalue weighted by atomic mass is 19.4. The molecule has 0 fully saturated rings. The highest BCUT2D eigenvalue weighted by Crippen LogP contribution is 2.33. The minimum Gasteiger partial charge on any atom is -0.250 e. The van der Waals surface area contributed by atoms with Gasteiger partial charge in [0.15, 0.2) is 0 Å². The van der Waals surface area contributed by atoms with Gasteiger partial charge in [-0.3, -0.25) is 4.68 Å². The topological polar surface area (TPSA) is 30.7 Å². The molecular formula is C16H20F3N3. The summed E-state index contributed by atoms with van der Waals surface area (Å²) in [6, 6.07) is 5.60. The molecule has 1 aromatic carbocycles. The monoisotopic (exact) mass is 311 g/mol. The van der Waals surface area contributed by atoms with Gasteiger partial charge in [-0.25, -0.2) is 4.98 Å². The zero-order valence-corrected chi connectivity index (χ0v) is 12.9. The van der Waals surface area contributed by atoms with Gasteiger partial charge in [-0.05, 0) is 42.9 Å². The van der Waals surface area contributed by atoms with E-state index in [0.717, 1.165) is 24.1 Å². The summed E-state index contributed by atoms with van der Waals surface area (Å²) >= 11 is 0. The predicted octanol–water partition coefficient (Wildman–Crippen LogP) is 4.52. The zero-order valence-electron chi connectivity index (χ0n) is 12.9. The number of hydrogen-bond acceptors (Lipinski definition) is 2. The Labute approximate surface area is 128 Å². The summed E-state index contributed by atoms with van der Waals surface area (Å²) in [5, 5.41) is 4.13. The van der Waals surface area contributed by atoms with Crippen LogP contribution in [0.5, 0.6) is 0 Å². The maximum Gasteiger partial charge on any atom is 0.416 e. The number of benzene rings is 1. The van der Waals surface area contributed by atoms with Crippen LogP contribution in [0.2, 0.25) is 0 Å². The second-order valence-electron chi connectivity index (χ2n) is 6.46. The van der Waals surface area contributed by atoms with Gasteiger partial charge in [-0.1, -0.05) is 26.0 Å². The van der Waals surface area contributed by atoms with Gasteiger partial charge in [-0.2, -0.15) is 18.3 Å². The number of rotatable bonds is 5. The smallest absolute Gasteiger partial charge is 0.250 e. The van der Waals surface area contributed by atoms with Crippen molar-refractivity contribution in [3.05, 3.63) is 48.0 Å². The molecule has 2 aromatic rings. The Kier molecular flexibility index (Phi) is 4.58. The fourth-order valence-corrected chi connectivity index (χ4v) is 2.77. The first-order chi connectivity index (χ1) is 10.2. The molecule has 1 heterocycles. The van der Waals surface area contributed by atoms with Crippen molar-refractivity contribution in [2.24, 2.45) is 5.41 Å². The molecule has 0 radical (unpaired) electrons. The highest BCUT2D eigenvalue weighted by molar-refractivity contribution is 5.25. The SMILES string of the molecule is CC(CC(C)(C)Cc1ccc(C(F)(F)F)cc1)n1cncn1. The summed E-state index contributed by atoms with van der Waals surface area (Å²) in [6.45, 7) is 6.28. The summed E-state index contributed by atoms with van der Waals surface area (Å²) < 4.78 is 39.5. The molecule has 0 aliphatic rings. The van der Waals surface area contributed by atoms with Crippen LogP contribution in [-0.4, -0.2) is 14.8 Å². The maximum absolute atomic E-state index is 12.6. The molecule has 120 valence electrons. The summed E-state index contributed by atoms with van der Waals surface area (Å²) in [6.07, 6.45) is 0.468. The van der Waals surface area contributed by atoms with Crippen LogP contribution in [0, 0.1) is 5.41 Å². The molecule has 0 spiro atoms. The lowest BCUT2D eigenvalue weighted by Crippen LogP contribution is -2.21. The second-order valence-corrected chi connectivity index (χ2v) is 6.46. The molecule has 6 heteroatoms. The van der Waals surface area contributed by atoms with Gasteiger partial charge in [0.25, 0.3) is 0 Å². The van der Waals surface area contributed by atoms with E-state index in [2.05, 4.69) is 30.9 Å². The minimum absolute atomic E-state index is 0.0505. The Balaban J connectivity index is 2.02. The van der Waals surface area contributed by atoms with Gasteiger partial charge in [0.2, 0.25) is 0 Å². The third-order valence-corrected chi connectivity index (χ3v) is 3.70. The molecule has 0 aliphatic heterocycles. The van der Waals surface area contributed by atoms with E-state index < -0.39 is 11.7 Å². The van der Waals surface area contributed by atoms with Gasteiger partial charge in [0.05, 0.1) is 11.6 Å². The van der Waals surface area contributed by atoms with Crippen LogP contribution in [0.1, 0.15) is 44.4 Å². The summed E-state index contributed by atoms with van der Waals surface area (Å²) in [7, 11) is 0. The Morgan fingerprint density at radius 3 is 2.27 bits per heavy atom. The largest absolute Gasteiger partial charge is 0.416 e. The van der Waals surface area contributed by atoms with Crippen LogP contribution < -0.4 is 0 Å². The van der Waals surface area contributed by atoms with Crippen LogP contribution in [0.15, 0.2) is 36.9 Å². The number of halogens is 3. The standard InChI is InChI=1S/C16H20F3N3/c1-12(22-11-20-10-21-22)8-15(2,3)9-13-4-6-14(7-5-13)16(17,18)19/h4-7,10-12H,8-9H2,1-3H3. The summed E-state index contributed by atoms with van der Waals surface area (Å²) in [5.74, 6) is 0. The summed E-state index contributed by atoms with van der Waals surface area (Å²) in [4.78, 5) is 3.94. The third-order valence-electron chi connectivity index (χ3n) is 3.70. The maximum atomic E-state index is 12.6. The van der Waals surface area contributed by atoms with Gasteiger partial charge in [0.1, 0.15) is 12.7 Å². The number of alkyl halides is 3. The van der Waals surface area contributed by atoms with E-state index in [-0.39, 0.29) is 11.5 Å². The molecule has 1 aromatic heterocycles. The highest BCUT2D eigenvalue weighted by Gasteiger charge is 2.30. The van der Waals surface area contributed by atoms with Gasteiger partial charge >= 0.3 is 6.18 Å². The van der Waals surface area contributed by atoms with Crippen LogP contribution >= 0.6 is 0 Å². The number of hydrogen-bond donors (Lipinski definition) is 0. The first kappa shape index (κ1) is 16.5. The van der Waals surface area contributed by atoms with Crippen molar-refractivity contribution in [1.29, 1.82) is 0 Å². The van der Waals surface area contributed by atoms with Crippen molar-refractivity contribution in [2.45, 2.75) is 45.8 Å². The molecule has 3 nitrogen and oxygen atoms in total. The van der Waals surface area contributed by atoms with E-state index in [0.29, 0.717) is 6.42 Å². The molecule has 0 bridgehead atoms. The van der Waals surface area contributed by atoms with Gasteiger partial charge < -0.3 is 0 Å². The van der Waals surface area contributed by atoms with E-state index in [1.807, 2.05) is 0 Å². The van der Waals surface area contributed by atoms with E-state index in [4.69, 9.17) is 0 Å². The fourth-order valence-electron chi connectivity index (χ4n) is 2.77. The molecule has 2 rings (SSSR count). The van der Waals surface area contributed by atoms with Gasteiger partial charge in [0, 0.05) is 0 Å². The summed E-state index contributed by atoms with van der Waals surface area (Å²) in [5.41, 5.74) is 0.249. The van der Waals surface area contributed by atoms with Crippen molar-refractivity contribution in [3.8, 4) is 0 Å². The Morgan fingerprint density at radius 1 is 1.14 bits per heavy atom. The van der Waals surface area contributed by atoms with Crippen LogP contribution in [0.25, 0.3) is 0 Å². The quantitative estimate of drug-likeness (QED) is 0.813. The Hall–Kier alpha value is -1.85. The second kappa shape index (κ2) is 6.10. The van der Waals surface area contributed by atoms with E-state index in [9.17, 15) is 13.2 Å². The Morgan fingerprint density at radius 2 is 1.77 bits per heavy atom. The van der Waals surface area contributed by atoms with E-state index in [1.54, 1.807) is 23.1 Å². The third kappa shape index (κ3) is 4.32. The van der Waals surface area contributed by atoms with Crippen molar-refractivity contribution < 1.29 is 13.2 Å². The van der Waals surface area contributed by atoms with Crippen molar-refractivity contribution in [1.82, 2.24) is 14.8 Å². The lowest BCUT2D eigenvalue weighted by molar-refractivity contribution is -0.137. The molecule has 0 N–H and O–H groups in total. The zero-order chi connectivity index (χ0) is 16.4. The average Bonchev–Trinajstić information content (AvgIpc) is 2.91. The fraction of sp³-hybridized carbons (Fsp3) is 0.500. The van der Waals surface area contributed by atoms with Crippen LogP contribution in [-0.2, 0) is 12.6 Å². The molecule has 0 aliphatic carbocycles.